The molecule has 2 rings (SSSR count). The minimum absolute atomic E-state index is 0.605. The highest BCUT2D eigenvalue weighted by atomic mass is 14.3. The van der Waals surface area contributed by atoms with Crippen LogP contribution in [0.5, 0.6) is 0 Å². The topological polar surface area (TPSA) is 0 Å². The molecule has 3 atom stereocenters. The van der Waals surface area contributed by atoms with Crippen molar-refractivity contribution in [1.29, 1.82) is 0 Å². The maximum Gasteiger partial charge on any atom is 0.0206 e. The van der Waals surface area contributed by atoms with Gasteiger partial charge in [0, 0.05) is 5.92 Å². The summed E-state index contributed by atoms with van der Waals surface area (Å²) in [5.41, 5.74) is 0. The van der Waals surface area contributed by atoms with Gasteiger partial charge in [0.15, 0.2) is 0 Å². The Labute approximate surface area is 99.8 Å². The predicted molar refractivity (Wildman–Crippen MR) is 69.8 cm³/mol. The average molecular weight is 214 g/mol. The van der Waals surface area contributed by atoms with Gasteiger partial charge in [0.05, 0.1) is 0 Å². The molecule has 3 unspecified atom stereocenters. The van der Waals surface area contributed by atoms with Gasteiger partial charge in [-0.3, -0.25) is 0 Å². The van der Waals surface area contributed by atoms with E-state index in [-0.39, 0.29) is 0 Å². The van der Waals surface area contributed by atoms with Crippen LogP contribution in [0, 0.1) is 35.5 Å². The van der Waals surface area contributed by atoms with Gasteiger partial charge in [-0.1, -0.05) is 43.9 Å². The zero-order valence-corrected chi connectivity index (χ0v) is 10.4. The number of rotatable bonds is 2. The van der Waals surface area contributed by atoms with Gasteiger partial charge in [0.2, 0.25) is 0 Å². The molecule has 0 heterocycles. The number of allylic oxidation sites excluding steroid dienone is 4. The quantitative estimate of drug-likeness (QED) is 0.477. The van der Waals surface area contributed by atoms with Crippen molar-refractivity contribution in [3.63, 3.8) is 0 Å². The van der Waals surface area contributed by atoms with Crippen LogP contribution in [0.15, 0.2) is 24.3 Å². The van der Waals surface area contributed by atoms with Crippen LogP contribution in [-0.4, -0.2) is 0 Å². The summed E-state index contributed by atoms with van der Waals surface area (Å²) in [4.78, 5) is 0. The van der Waals surface area contributed by atoms with Crippen LogP contribution in [0.4, 0.5) is 0 Å². The molecule has 0 spiro atoms. The fourth-order valence-corrected chi connectivity index (χ4v) is 2.30. The molecule has 2 aliphatic rings. The molecule has 0 saturated heterocycles. The lowest BCUT2D eigenvalue weighted by Crippen LogP contribution is -2.10. The second-order valence-electron chi connectivity index (χ2n) is 5.36. The normalized spacial score (nSPS) is 31.1. The van der Waals surface area contributed by atoms with E-state index in [1.165, 1.54) is 25.7 Å². The van der Waals surface area contributed by atoms with Crippen LogP contribution in [0.1, 0.15) is 39.5 Å². The molecule has 2 aliphatic carbocycles. The van der Waals surface area contributed by atoms with Gasteiger partial charge in [-0.05, 0) is 49.5 Å². The highest BCUT2D eigenvalue weighted by Gasteiger charge is 2.26. The maximum atomic E-state index is 3.34. The minimum Gasteiger partial charge on any atom is -0.0951 e. The summed E-state index contributed by atoms with van der Waals surface area (Å²) in [6.07, 6.45) is 14.2. The van der Waals surface area contributed by atoms with Crippen molar-refractivity contribution in [3.8, 4) is 11.8 Å². The Balaban J connectivity index is 1.81. The summed E-state index contributed by atoms with van der Waals surface area (Å²) in [5.74, 6) is 9.55. The number of hydrogen-bond donors (Lipinski definition) is 0. The lowest BCUT2D eigenvalue weighted by Gasteiger charge is -2.21. The van der Waals surface area contributed by atoms with Crippen molar-refractivity contribution in [1.82, 2.24) is 0 Å². The molecule has 0 aromatic carbocycles. The first kappa shape index (κ1) is 11.5. The Morgan fingerprint density at radius 3 is 2.69 bits per heavy atom. The third-order valence-electron chi connectivity index (χ3n) is 3.88. The van der Waals surface area contributed by atoms with Crippen LogP contribution in [-0.2, 0) is 0 Å². The third-order valence-corrected chi connectivity index (χ3v) is 3.88. The Hall–Kier alpha value is -0.960. The first-order valence-corrected chi connectivity index (χ1v) is 6.60. The van der Waals surface area contributed by atoms with Crippen molar-refractivity contribution in [2.24, 2.45) is 23.7 Å². The van der Waals surface area contributed by atoms with Crippen molar-refractivity contribution in [2.75, 3.05) is 0 Å². The first-order chi connectivity index (χ1) is 7.77. The van der Waals surface area contributed by atoms with E-state index in [4.69, 9.17) is 0 Å². The Kier molecular flexibility index (Phi) is 3.88. The molecular formula is C16H22. The van der Waals surface area contributed by atoms with E-state index in [1.807, 2.05) is 0 Å². The fourth-order valence-electron chi connectivity index (χ4n) is 2.30. The van der Waals surface area contributed by atoms with E-state index < -0.39 is 0 Å². The molecule has 1 saturated carbocycles. The zero-order chi connectivity index (χ0) is 11.4. The van der Waals surface area contributed by atoms with Crippen LogP contribution >= 0.6 is 0 Å². The van der Waals surface area contributed by atoms with E-state index in [0.717, 1.165) is 11.8 Å². The molecule has 0 nitrogen and oxygen atoms in total. The SMILES string of the molecule is CC(C#CC=CC1CC=CCC1C)C1CC1. The number of hydrogen-bond acceptors (Lipinski definition) is 0. The molecule has 0 aromatic rings. The lowest BCUT2D eigenvalue weighted by atomic mass is 9.84. The Morgan fingerprint density at radius 2 is 2.00 bits per heavy atom. The van der Waals surface area contributed by atoms with Crippen molar-refractivity contribution < 1.29 is 0 Å². The fraction of sp³-hybridized carbons (Fsp3) is 0.625. The van der Waals surface area contributed by atoms with Crippen LogP contribution in [0.3, 0.4) is 0 Å². The summed E-state index contributed by atoms with van der Waals surface area (Å²) in [5, 5.41) is 0. The Morgan fingerprint density at radius 1 is 1.25 bits per heavy atom. The first-order valence-electron chi connectivity index (χ1n) is 6.60. The summed E-state index contributed by atoms with van der Waals surface area (Å²) in [6, 6.07) is 0. The monoisotopic (exact) mass is 214 g/mol. The summed E-state index contributed by atoms with van der Waals surface area (Å²) in [7, 11) is 0. The molecule has 0 N–H and O–H groups in total. The second-order valence-corrected chi connectivity index (χ2v) is 5.36. The standard InChI is InChI=1S/C16H22/c1-13-7-3-5-9-15(13)10-6-4-8-14(2)16-11-12-16/h3,5-6,10,13-16H,7,9,11-12H2,1-2H3. The Bertz CT molecular complexity index is 333. The molecule has 0 heteroatoms. The maximum absolute atomic E-state index is 3.34. The minimum atomic E-state index is 0.605. The van der Waals surface area contributed by atoms with Gasteiger partial charge in [0.1, 0.15) is 0 Å². The second kappa shape index (κ2) is 5.39. The third kappa shape index (κ3) is 3.27. The molecule has 0 radical (unpaired) electrons. The van der Waals surface area contributed by atoms with E-state index in [1.54, 1.807) is 0 Å². The highest BCUT2D eigenvalue weighted by Crippen LogP contribution is 2.36. The van der Waals surface area contributed by atoms with E-state index in [0.29, 0.717) is 11.8 Å². The lowest BCUT2D eigenvalue weighted by molar-refractivity contribution is 0.420. The molecule has 0 aromatic heterocycles. The summed E-state index contributed by atoms with van der Waals surface area (Å²) < 4.78 is 0. The zero-order valence-electron chi connectivity index (χ0n) is 10.4. The molecule has 0 amide bonds. The molecule has 1 fully saturated rings. The smallest absolute Gasteiger partial charge is 0.0206 e. The molecular weight excluding hydrogens is 192 g/mol. The average Bonchev–Trinajstić information content (AvgIpc) is 3.10. The van der Waals surface area contributed by atoms with Gasteiger partial charge in [-0.2, -0.15) is 0 Å². The van der Waals surface area contributed by atoms with Crippen LogP contribution in [0.2, 0.25) is 0 Å². The van der Waals surface area contributed by atoms with E-state index in [9.17, 15) is 0 Å². The van der Waals surface area contributed by atoms with Gasteiger partial charge in [-0.15, -0.1) is 0 Å². The molecule has 0 aliphatic heterocycles. The summed E-state index contributed by atoms with van der Waals surface area (Å²) in [6.45, 7) is 4.59. The van der Waals surface area contributed by atoms with Gasteiger partial charge >= 0.3 is 0 Å². The van der Waals surface area contributed by atoms with Crippen molar-refractivity contribution >= 4 is 0 Å². The van der Waals surface area contributed by atoms with Crippen molar-refractivity contribution in [3.05, 3.63) is 24.3 Å². The van der Waals surface area contributed by atoms with E-state index in [2.05, 4.69) is 50.0 Å². The highest BCUT2D eigenvalue weighted by molar-refractivity contribution is 5.19. The molecule has 0 bridgehead atoms. The molecule has 16 heavy (non-hydrogen) atoms. The van der Waals surface area contributed by atoms with Crippen molar-refractivity contribution in [2.45, 2.75) is 39.5 Å². The van der Waals surface area contributed by atoms with Crippen LogP contribution in [0.25, 0.3) is 0 Å². The largest absolute Gasteiger partial charge is 0.0951 e. The van der Waals surface area contributed by atoms with Gasteiger partial charge in [-0.25, -0.2) is 0 Å². The predicted octanol–water partition coefficient (Wildman–Crippen LogP) is 4.19. The van der Waals surface area contributed by atoms with E-state index >= 15 is 0 Å². The summed E-state index contributed by atoms with van der Waals surface area (Å²) >= 11 is 0. The van der Waals surface area contributed by atoms with Crippen LogP contribution < -0.4 is 0 Å². The molecule has 86 valence electrons. The van der Waals surface area contributed by atoms with Gasteiger partial charge in [0.25, 0.3) is 0 Å². The van der Waals surface area contributed by atoms with Gasteiger partial charge < -0.3 is 0 Å².